The van der Waals surface area contributed by atoms with Crippen molar-refractivity contribution in [3.05, 3.63) is 0 Å². The van der Waals surface area contributed by atoms with Crippen molar-refractivity contribution in [1.29, 1.82) is 0 Å². The van der Waals surface area contributed by atoms with Crippen LogP contribution in [-0.2, 0) is 0 Å². The molecule has 0 spiro atoms. The van der Waals surface area contributed by atoms with Crippen molar-refractivity contribution in [3.63, 3.8) is 0 Å². The molecule has 1 saturated carbocycles. The third kappa shape index (κ3) is 4.46. The normalized spacial score (nSPS) is 31.9. The molecule has 0 amide bonds. The third-order valence-corrected chi connectivity index (χ3v) is 5.89. The molecule has 0 aromatic carbocycles. The summed E-state index contributed by atoms with van der Waals surface area (Å²) < 4.78 is 0. The average molecular weight is 280 g/mol. The minimum atomic E-state index is 0.562. The van der Waals surface area contributed by atoms with Crippen molar-refractivity contribution in [3.8, 4) is 0 Å². The maximum Gasteiger partial charge on any atom is 0.00503 e. The first-order valence-corrected chi connectivity index (χ1v) is 9.08. The van der Waals surface area contributed by atoms with E-state index in [0.717, 1.165) is 18.4 Å². The fourth-order valence-corrected chi connectivity index (χ4v) is 4.23. The number of nitrogens with one attached hydrogen (secondary N) is 1. The molecule has 1 aliphatic heterocycles. The molecule has 0 aromatic rings. The Morgan fingerprint density at radius 2 is 1.75 bits per heavy atom. The zero-order valence-electron chi connectivity index (χ0n) is 14.1. The van der Waals surface area contributed by atoms with E-state index in [1.54, 1.807) is 0 Å². The van der Waals surface area contributed by atoms with E-state index >= 15 is 0 Å². The molecule has 20 heavy (non-hydrogen) atoms. The number of hydrogen-bond donors (Lipinski definition) is 1. The Kier molecular flexibility index (Phi) is 6.35. The molecule has 2 fully saturated rings. The average Bonchev–Trinajstić information content (AvgIpc) is 2.67. The summed E-state index contributed by atoms with van der Waals surface area (Å²) in [4.78, 5) is 2.79. The zero-order valence-corrected chi connectivity index (χ0v) is 14.1. The van der Waals surface area contributed by atoms with Crippen LogP contribution in [0.3, 0.4) is 0 Å². The van der Waals surface area contributed by atoms with E-state index in [-0.39, 0.29) is 0 Å². The van der Waals surface area contributed by atoms with Crippen LogP contribution in [0.1, 0.15) is 65.7 Å². The number of piperidine rings is 1. The van der Waals surface area contributed by atoms with Gasteiger partial charge in [-0.05, 0) is 49.6 Å². The fourth-order valence-electron chi connectivity index (χ4n) is 4.23. The molecule has 2 rings (SSSR count). The topological polar surface area (TPSA) is 15.3 Å². The van der Waals surface area contributed by atoms with Gasteiger partial charge in [0.25, 0.3) is 0 Å². The van der Waals surface area contributed by atoms with Crippen molar-refractivity contribution in [2.24, 2.45) is 17.3 Å². The van der Waals surface area contributed by atoms with Gasteiger partial charge in [0.15, 0.2) is 0 Å². The lowest BCUT2D eigenvalue weighted by Crippen LogP contribution is -2.48. The van der Waals surface area contributed by atoms with Crippen LogP contribution in [0, 0.1) is 17.3 Å². The maximum absolute atomic E-state index is 3.67. The quantitative estimate of drug-likeness (QED) is 0.768. The van der Waals surface area contributed by atoms with Gasteiger partial charge in [0.1, 0.15) is 0 Å². The minimum absolute atomic E-state index is 0.562. The van der Waals surface area contributed by atoms with E-state index in [2.05, 4.69) is 31.0 Å². The molecule has 1 aliphatic carbocycles. The Labute approximate surface area is 126 Å². The Balaban J connectivity index is 1.95. The summed E-state index contributed by atoms with van der Waals surface area (Å²) in [6.07, 6.45) is 10.1. The second-order valence-corrected chi connectivity index (χ2v) is 7.67. The van der Waals surface area contributed by atoms with Crippen LogP contribution in [0.25, 0.3) is 0 Å². The lowest BCUT2D eigenvalue weighted by Gasteiger charge is -2.42. The van der Waals surface area contributed by atoms with Gasteiger partial charge in [-0.3, -0.25) is 0 Å². The van der Waals surface area contributed by atoms with E-state index in [4.69, 9.17) is 0 Å². The Bertz CT molecular complexity index is 269. The largest absolute Gasteiger partial charge is 0.316 e. The summed E-state index contributed by atoms with van der Waals surface area (Å²) in [5, 5.41) is 3.67. The molecule has 1 N–H and O–H groups in total. The Morgan fingerprint density at radius 3 is 2.35 bits per heavy atom. The van der Waals surface area contributed by atoms with Gasteiger partial charge in [0.05, 0.1) is 0 Å². The van der Waals surface area contributed by atoms with Gasteiger partial charge in [-0.25, -0.2) is 0 Å². The molecule has 2 heteroatoms. The molecule has 0 bridgehead atoms. The molecular weight excluding hydrogens is 244 g/mol. The monoisotopic (exact) mass is 280 g/mol. The molecule has 118 valence electrons. The molecule has 2 nitrogen and oxygen atoms in total. The standard InChI is InChI=1S/C18H36N2/c1-4-19-14-18(10-7-5-6-8-11-18)15-20-12-9-16(2)17(3)13-20/h16-17,19H,4-15H2,1-3H3. The summed E-state index contributed by atoms with van der Waals surface area (Å²) in [6.45, 7) is 13.5. The van der Waals surface area contributed by atoms with Crippen LogP contribution in [-0.4, -0.2) is 37.6 Å². The predicted octanol–water partition coefficient (Wildman–Crippen LogP) is 3.91. The van der Waals surface area contributed by atoms with Gasteiger partial charge >= 0.3 is 0 Å². The van der Waals surface area contributed by atoms with Gasteiger partial charge in [0.2, 0.25) is 0 Å². The van der Waals surface area contributed by atoms with E-state index in [1.807, 2.05) is 0 Å². The highest BCUT2D eigenvalue weighted by atomic mass is 15.1. The number of hydrogen-bond acceptors (Lipinski definition) is 2. The van der Waals surface area contributed by atoms with E-state index in [0.29, 0.717) is 5.41 Å². The number of likely N-dealkylation sites (tertiary alicyclic amines) is 1. The van der Waals surface area contributed by atoms with Crippen LogP contribution >= 0.6 is 0 Å². The van der Waals surface area contributed by atoms with Crippen LogP contribution in [0.5, 0.6) is 0 Å². The van der Waals surface area contributed by atoms with Gasteiger partial charge in [-0.1, -0.05) is 46.5 Å². The van der Waals surface area contributed by atoms with Crippen molar-refractivity contribution >= 4 is 0 Å². The highest BCUT2D eigenvalue weighted by Crippen LogP contribution is 2.36. The predicted molar refractivity (Wildman–Crippen MR) is 88.1 cm³/mol. The second kappa shape index (κ2) is 7.79. The SMILES string of the molecule is CCNCC1(CN2CCC(C)C(C)C2)CCCCCC1. The summed E-state index contributed by atoms with van der Waals surface area (Å²) in [6, 6.07) is 0. The molecule has 0 radical (unpaired) electrons. The molecule has 2 atom stereocenters. The van der Waals surface area contributed by atoms with Crippen molar-refractivity contribution in [1.82, 2.24) is 10.2 Å². The smallest absolute Gasteiger partial charge is 0.00503 e. The summed E-state index contributed by atoms with van der Waals surface area (Å²) >= 11 is 0. The zero-order chi connectivity index (χ0) is 14.4. The lowest BCUT2D eigenvalue weighted by molar-refractivity contribution is 0.0726. The number of rotatable bonds is 5. The van der Waals surface area contributed by atoms with Crippen molar-refractivity contribution in [2.75, 3.05) is 32.7 Å². The first-order chi connectivity index (χ1) is 9.65. The van der Waals surface area contributed by atoms with E-state index in [9.17, 15) is 0 Å². The summed E-state index contributed by atoms with van der Waals surface area (Å²) in [5.74, 6) is 1.80. The first kappa shape index (κ1) is 16.3. The highest BCUT2D eigenvalue weighted by Gasteiger charge is 2.34. The van der Waals surface area contributed by atoms with Crippen molar-refractivity contribution in [2.45, 2.75) is 65.7 Å². The van der Waals surface area contributed by atoms with Crippen LogP contribution in [0.4, 0.5) is 0 Å². The van der Waals surface area contributed by atoms with E-state index < -0.39 is 0 Å². The summed E-state index contributed by atoms with van der Waals surface area (Å²) in [7, 11) is 0. The van der Waals surface area contributed by atoms with Gasteiger partial charge in [0, 0.05) is 19.6 Å². The first-order valence-electron chi connectivity index (χ1n) is 9.08. The van der Waals surface area contributed by atoms with Gasteiger partial charge in [-0.15, -0.1) is 0 Å². The molecular formula is C18H36N2. The molecule has 1 saturated heterocycles. The Hall–Kier alpha value is -0.0800. The van der Waals surface area contributed by atoms with Gasteiger partial charge in [-0.2, -0.15) is 0 Å². The van der Waals surface area contributed by atoms with Crippen LogP contribution < -0.4 is 5.32 Å². The van der Waals surface area contributed by atoms with E-state index in [1.165, 1.54) is 71.1 Å². The molecule has 2 unspecified atom stereocenters. The minimum Gasteiger partial charge on any atom is -0.316 e. The van der Waals surface area contributed by atoms with Crippen LogP contribution in [0.15, 0.2) is 0 Å². The van der Waals surface area contributed by atoms with Crippen LogP contribution in [0.2, 0.25) is 0 Å². The van der Waals surface area contributed by atoms with Gasteiger partial charge < -0.3 is 10.2 Å². The maximum atomic E-state index is 3.67. The van der Waals surface area contributed by atoms with Crippen molar-refractivity contribution < 1.29 is 0 Å². The molecule has 1 heterocycles. The lowest BCUT2D eigenvalue weighted by atomic mass is 9.78. The fraction of sp³-hybridized carbons (Fsp3) is 1.00. The third-order valence-electron chi connectivity index (χ3n) is 5.89. The molecule has 0 aromatic heterocycles. The number of nitrogens with zero attached hydrogens (tertiary/aromatic N) is 1. The summed E-state index contributed by atoms with van der Waals surface area (Å²) in [5.41, 5.74) is 0.562. The Morgan fingerprint density at radius 1 is 1.05 bits per heavy atom. The molecule has 2 aliphatic rings. The second-order valence-electron chi connectivity index (χ2n) is 7.67. The highest BCUT2D eigenvalue weighted by molar-refractivity contribution is 4.88.